The molecule has 0 saturated heterocycles. The van der Waals surface area contributed by atoms with E-state index in [1.54, 1.807) is 24.3 Å². The van der Waals surface area contributed by atoms with Crippen molar-refractivity contribution in [3.05, 3.63) is 52.3 Å². The first kappa shape index (κ1) is 14.5. The SMILES string of the molecule is NCCOc1cccc(NC(=O)c2cc([N+](=O)[O-])c[nH]2)c1. The van der Waals surface area contributed by atoms with Gasteiger partial charge in [0, 0.05) is 24.4 Å². The first-order valence-corrected chi connectivity index (χ1v) is 6.17. The summed E-state index contributed by atoms with van der Waals surface area (Å²) in [4.78, 5) is 24.5. The molecular weight excluding hydrogens is 276 g/mol. The van der Waals surface area contributed by atoms with Gasteiger partial charge in [-0.15, -0.1) is 0 Å². The Bertz CT molecular complexity index is 653. The van der Waals surface area contributed by atoms with Gasteiger partial charge in [0.05, 0.1) is 11.1 Å². The van der Waals surface area contributed by atoms with E-state index in [0.29, 0.717) is 24.6 Å². The second kappa shape index (κ2) is 6.53. The largest absolute Gasteiger partial charge is 0.492 e. The topological polar surface area (TPSA) is 123 Å². The molecule has 0 aliphatic rings. The van der Waals surface area contributed by atoms with Crippen LogP contribution in [0.25, 0.3) is 0 Å². The quantitative estimate of drug-likeness (QED) is 0.549. The summed E-state index contributed by atoms with van der Waals surface area (Å²) in [6.07, 6.45) is 1.16. The average Bonchev–Trinajstić information content (AvgIpc) is 2.95. The Kier molecular flexibility index (Phi) is 4.52. The van der Waals surface area contributed by atoms with E-state index in [0.717, 1.165) is 6.20 Å². The average molecular weight is 290 g/mol. The zero-order valence-electron chi connectivity index (χ0n) is 11.0. The van der Waals surface area contributed by atoms with Gasteiger partial charge in [-0.25, -0.2) is 0 Å². The summed E-state index contributed by atoms with van der Waals surface area (Å²) in [6.45, 7) is 0.767. The Morgan fingerprint density at radius 2 is 2.24 bits per heavy atom. The van der Waals surface area contributed by atoms with E-state index in [1.165, 1.54) is 6.07 Å². The summed E-state index contributed by atoms with van der Waals surface area (Å²) in [5.74, 6) is 0.106. The Labute approximate surface area is 120 Å². The maximum Gasteiger partial charge on any atom is 0.287 e. The van der Waals surface area contributed by atoms with E-state index < -0.39 is 10.8 Å². The third kappa shape index (κ3) is 3.80. The molecule has 0 bridgehead atoms. The number of rotatable bonds is 6. The van der Waals surface area contributed by atoms with E-state index in [4.69, 9.17) is 10.5 Å². The van der Waals surface area contributed by atoms with Gasteiger partial charge >= 0.3 is 0 Å². The molecule has 2 aromatic rings. The Balaban J connectivity index is 2.06. The first-order chi connectivity index (χ1) is 10.1. The number of carbonyl (C=O) groups is 1. The summed E-state index contributed by atoms with van der Waals surface area (Å²) in [7, 11) is 0. The molecule has 2 rings (SSSR count). The number of aromatic nitrogens is 1. The highest BCUT2D eigenvalue weighted by Gasteiger charge is 2.14. The van der Waals surface area contributed by atoms with Crippen LogP contribution >= 0.6 is 0 Å². The highest BCUT2D eigenvalue weighted by Crippen LogP contribution is 2.19. The number of nitrogens with one attached hydrogen (secondary N) is 2. The molecule has 110 valence electrons. The van der Waals surface area contributed by atoms with Gasteiger partial charge in [0.15, 0.2) is 0 Å². The minimum absolute atomic E-state index is 0.106. The van der Waals surface area contributed by atoms with Crippen molar-refractivity contribution in [1.29, 1.82) is 0 Å². The lowest BCUT2D eigenvalue weighted by Gasteiger charge is -2.07. The summed E-state index contributed by atoms with van der Waals surface area (Å²) >= 11 is 0. The fourth-order valence-electron chi connectivity index (χ4n) is 1.66. The number of nitro groups is 1. The van der Waals surface area contributed by atoms with Gasteiger partial charge in [-0.05, 0) is 12.1 Å². The van der Waals surface area contributed by atoms with Crippen LogP contribution in [0.1, 0.15) is 10.5 Å². The van der Waals surface area contributed by atoms with Crippen molar-refractivity contribution < 1.29 is 14.5 Å². The lowest BCUT2D eigenvalue weighted by atomic mass is 10.3. The Morgan fingerprint density at radius 3 is 2.90 bits per heavy atom. The minimum atomic E-state index is -0.575. The highest BCUT2D eigenvalue weighted by atomic mass is 16.6. The van der Waals surface area contributed by atoms with Gasteiger partial charge in [-0.2, -0.15) is 0 Å². The molecular formula is C13H14N4O4. The van der Waals surface area contributed by atoms with Crippen molar-refractivity contribution in [2.24, 2.45) is 5.73 Å². The number of hydrogen-bond acceptors (Lipinski definition) is 5. The third-order valence-electron chi connectivity index (χ3n) is 2.60. The van der Waals surface area contributed by atoms with Crippen molar-refractivity contribution in [3.8, 4) is 5.75 Å². The molecule has 0 saturated carbocycles. The van der Waals surface area contributed by atoms with Crippen LogP contribution in [-0.4, -0.2) is 29.0 Å². The van der Waals surface area contributed by atoms with Gasteiger partial charge in [-0.3, -0.25) is 14.9 Å². The van der Waals surface area contributed by atoms with Crippen molar-refractivity contribution >= 4 is 17.3 Å². The number of aromatic amines is 1. The lowest BCUT2D eigenvalue weighted by Crippen LogP contribution is -2.13. The van der Waals surface area contributed by atoms with Crippen LogP contribution in [-0.2, 0) is 0 Å². The van der Waals surface area contributed by atoms with Gasteiger partial charge in [-0.1, -0.05) is 6.07 Å². The van der Waals surface area contributed by atoms with Gasteiger partial charge < -0.3 is 20.8 Å². The molecule has 21 heavy (non-hydrogen) atoms. The minimum Gasteiger partial charge on any atom is -0.492 e. The predicted molar refractivity (Wildman–Crippen MR) is 76.4 cm³/mol. The number of ether oxygens (including phenoxy) is 1. The fraction of sp³-hybridized carbons (Fsp3) is 0.154. The summed E-state index contributed by atoms with van der Waals surface area (Å²) in [6, 6.07) is 7.96. The van der Waals surface area contributed by atoms with Crippen molar-refractivity contribution in [3.63, 3.8) is 0 Å². The standard InChI is InChI=1S/C13H14N4O4/c14-4-5-21-11-3-1-2-9(6-11)16-13(18)12-7-10(8-15-12)17(19)20/h1-3,6-8,15H,4-5,14H2,(H,16,18). The van der Waals surface area contributed by atoms with Crippen LogP contribution in [0, 0.1) is 10.1 Å². The normalized spacial score (nSPS) is 10.1. The zero-order valence-corrected chi connectivity index (χ0v) is 11.0. The second-order valence-electron chi connectivity index (χ2n) is 4.15. The number of nitrogens with two attached hydrogens (primary N) is 1. The van der Waals surface area contributed by atoms with Crippen LogP contribution < -0.4 is 15.8 Å². The number of carbonyl (C=O) groups excluding carboxylic acids is 1. The number of H-pyrrole nitrogens is 1. The van der Waals surface area contributed by atoms with Gasteiger partial charge in [0.1, 0.15) is 18.1 Å². The van der Waals surface area contributed by atoms with Crippen LogP contribution in [0.15, 0.2) is 36.5 Å². The highest BCUT2D eigenvalue weighted by molar-refractivity contribution is 6.03. The van der Waals surface area contributed by atoms with Crippen molar-refractivity contribution in [2.45, 2.75) is 0 Å². The maximum absolute atomic E-state index is 11.9. The van der Waals surface area contributed by atoms with Crippen molar-refractivity contribution in [2.75, 3.05) is 18.5 Å². The van der Waals surface area contributed by atoms with E-state index in [9.17, 15) is 14.9 Å². The smallest absolute Gasteiger partial charge is 0.287 e. The molecule has 0 radical (unpaired) electrons. The molecule has 0 atom stereocenters. The molecule has 8 nitrogen and oxygen atoms in total. The van der Waals surface area contributed by atoms with Gasteiger partial charge in [0.2, 0.25) is 0 Å². The molecule has 1 amide bonds. The van der Waals surface area contributed by atoms with Crippen LogP contribution in [0.2, 0.25) is 0 Å². The van der Waals surface area contributed by atoms with E-state index >= 15 is 0 Å². The molecule has 0 aliphatic heterocycles. The number of amides is 1. The third-order valence-corrected chi connectivity index (χ3v) is 2.60. The van der Waals surface area contributed by atoms with E-state index in [2.05, 4.69) is 10.3 Å². The molecule has 1 aromatic carbocycles. The summed E-state index contributed by atoms with van der Waals surface area (Å²) < 4.78 is 5.35. The first-order valence-electron chi connectivity index (χ1n) is 6.17. The molecule has 0 aliphatic carbocycles. The summed E-state index contributed by atoms with van der Waals surface area (Å²) in [5.41, 5.74) is 5.80. The van der Waals surface area contributed by atoms with Crippen LogP contribution in [0.3, 0.4) is 0 Å². The zero-order chi connectivity index (χ0) is 15.2. The van der Waals surface area contributed by atoms with Gasteiger partial charge in [0.25, 0.3) is 11.6 Å². The molecule has 0 spiro atoms. The summed E-state index contributed by atoms with van der Waals surface area (Å²) in [5, 5.41) is 13.2. The predicted octanol–water partition coefficient (Wildman–Crippen LogP) is 1.51. The van der Waals surface area contributed by atoms with E-state index in [-0.39, 0.29) is 11.4 Å². The molecule has 1 aromatic heterocycles. The maximum atomic E-state index is 11.9. The molecule has 0 unspecified atom stereocenters. The lowest BCUT2D eigenvalue weighted by molar-refractivity contribution is -0.384. The molecule has 4 N–H and O–H groups in total. The number of nitrogens with zero attached hydrogens (tertiary/aromatic N) is 1. The molecule has 1 heterocycles. The Hall–Kier alpha value is -2.87. The molecule has 0 fully saturated rings. The van der Waals surface area contributed by atoms with E-state index in [1.807, 2.05) is 0 Å². The fourth-order valence-corrected chi connectivity index (χ4v) is 1.66. The number of benzene rings is 1. The van der Waals surface area contributed by atoms with Crippen LogP contribution in [0.4, 0.5) is 11.4 Å². The van der Waals surface area contributed by atoms with Crippen LogP contribution in [0.5, 0.6) is 5.75 Å². The molecule has 8 heteroatoms. The number of anilines is 1. The Morgan fingerprint density at radius 1 is 1.43 bits per heavy atom. The second-order valence-corrected chi connectivity index (χ2v) is 4.15. The number of hydrogen-bond donors (Lipinski definition) is 3. The van der Waals surface area contributed by atoms with Crippen molar-refractivity contribution in [1.82, 2.24) is 4.98 Å². The monoisotopic (exact) mass is 290 g/mol.